The van der Waals surface area contributed by atoms with E-state index in [1.54, 1.807) is 0 Å². The van der Waals surface area contributed by atoms with E-state index in [1.807, 2.05) is 4.90 Å². The zero-order valence-electron chi connectivity index (χ0n) is 11.8. The molecule has 3 N–H and O–H groups in total. The second-order valence-electron chi connectivity index (χ2n) is 6.25. The lowest BCUT2D eigenvalue weighted by atomic mass is 9.80. The standard InChI is InChI=1S/C14H25N3O2/c1-14(5-2-6-16-10-14)13(19)17-7-3-11(4-8-17)9-12(15)18/h11,16H,2-10H2,1H3,(H2,15,18). The van der Waals surface area contributed by atoms with E-state index in [1.165, 1.54) is 0 Å². The van der Waals surface area contributed by atoms with Crippen molar-refractivity contribution in [1.29, 1.82) is 0 Å². The zero-order valence-corrected chi connectivity index (χ0v) is 11.8. The molecule has 0 saturated carbocycles. The van der Waals surface area contributed by atoms with Gasteiger partial charge in [0.2, 0.25) is 11.8 Å². The summed E-state index contributed by atoms with van der Waals surface area (Å²) < 4.78 is 0. The SMILES string of the molecule is CC1(C(=O)N2CCC(CC(N)=O)CC2)CCCNC1. The lowest BCUT2D eigenvalue weighted by molar-refractivity contribution is -0.143. The van der Waals surface area contributed by atoms with Crippen LogP contribution in [0.15, 0.2) is 0 Å². The molecule has 0 aromatic heterocycles. The summed E-state index contributed by atoms with van der Waals surface area (Å²) >= 11 is 0. The highest BCUT2D eigenvalue weighted by molar-refractivity contribution is 5.83. The number of nitrogens with one attached hydrogen (secondary N) is 1. The van der Waals surface area contributed by atoms with Gasteiger partial charge in [0.05, 0.1) is 5.41 Å². The van der Waals surface area contributed by atoms with E-state index < -0.39 is 0 Å². The van der Waals surface area contributed by atoms with Crippen LogP contribution in [0.25, 0.3) is 0 Å². The summed E-state index contributed by atoms with van der Waals surface area (Å²) in [5, 5.41) is 3.32. The van der Waals surface area contributed by atoms with E-state index in [4.69, 9.17) is 5.73 Å². The van der Waals surface area contributed by atoms with Gasteiger partial charge in [-0.3, -0.25) is 9.59 Å². The van der Waals surface area contributed by atoms with Crippen molar-refractivity contribution in [2.24, 2.45) is 17.1 Å². The van der Waals surface area contributed by atoms with Crippen molar-refractivity contribution in [2.45, 2.75) is 39.0 Å². The largest absolute Gasteiger partial charge is 0.370 e. The van der Waals surface area contributed by atoms with Crippen LogP contribution in [0.3, 0.4) is 0 Å². The van der Waals surface area contributed by atoms with E-state index in [-0.39, 0.29) is 17.2 Å². The van der Waals surface area contributed by atoms with Gasteiger partial charge in [-0.2, -0.15) is 0 Å². The van der Waals surface area contributed by atoms with Gasteiger partial charge in [0.25, 0.3) is 0 Å². The Kier molecular flexibility index (Phi) is 4.45. The van der Waals surface area contributed by atoms with Crippen LogP contribution in [0.4, 0.5) is 0 Å². The number of likely N-dealkylation sites (tertiary alicyclic amines) is 1. The minimum absolute atomic E-state index is 0.229. The van der Waals surface area contributed by atoms with Gasteiger partial charge < -0.3 is 16.0 Å². The quantitative estimate of drug-likeness (QED) is 0.781. The Hall–Kier alpha value is -1.10. The van der Waals surface area contributed by atoms with Crippen molar-refractivity contribution in [2.75, 3.05) is 26.2 Å². The van der Waals surface area contributed by atoms with Crippen LogP contribution in [0.5, 0.6) is 0 Å². The molecule has 5 heteroatoms. The molecule has 2 saturated heterocycles. The summed E-state index contributed by atoms with van der Waals surface area (Å²) in [4.78, 5) is 25.5. The molecule has 2 heterocycles. The Labute approximate surface area is 114 Å². The van der Waals surface area contributed by atoms with Gasteiger partial charge in [0.1, 0.15) is 0 Å². The number of nitrogens with two attached hydrogens (primary N) is 1. The van der Waals surface area contributed by atoms with E-state index in [2.05, 4.69) is 12.2 Å². The lowest BCUT2D eigenvalue weighted by Gasteiger charge is -2.40. The molecule has 0 spiro atoms. The number of rotatable bonds is 3. The fourth-order valence-corrected chi connectivity index (χ4v) is 3.25. The first-order chi connectivity index (χ1) is 9.01. The Balaban J connectivity index is 1.86. The highest BCUT2D eigenvalue weighted by Crippen LogP contribution is 2.30. The summed E-state index contributed by atoms with van der Waals surface area (Å²) in [5.41, 5.74) is 4.99. The molecule has 5 nitrogen and oxygen atoms in total. The Morgan fingerprint density at radius 2 is 2.05 bits per heavy atom. The first-order valence-electron chi connectivity index (χ1n) is 7.30. The maximum Gasteiger partial charge on any atom is 0.229 e. The maximum absolute atomic E-state index is 12.6. The lowest BCUT2D eigenvalue weighted by Crippen LogP contribution is -2.52. The number of carbonyl (C=O) groups excluding carboxylic acids is 2. The Morgan fingerprint density at radius 3 is 2.58 bits per heavy atom. The smallest absolute Gasteiger partial charge is 0.229 e. The molecule has 1 atom stereocenters. The van der Waals surface area contributed by atoms with Gasteiger partial charge in [-0.15, -0.1) is 0 Å². The van der Waals surface area contributed by atoms with Crippen molar-refractivity contribution < 1.29 is 9.59 Å². The predicted octanol–water partition coefficient (Wildman–Crippen LogP) is 0.490. The third kappa shape index (κ3) is 3.47. The second-order valence-corrected chi connectivity index (χ2v) is 6.25. The first-order valence-corrected chi connectivity index (χ1v) is 7.30. The van der Waals surface area contributed by atoms with Gasteiger partial charge in [-0.1, -0.05) is 0 Å². The van der Waals surface area contributed by atoms with Gasteiger partial charge in [-0.05, 0) is 45.1 Å². The molecule has 2 amide bonds. The van der Waals surface area contributed by atoms with Crippen LogP contribution in [-0.4, -0.2) is 42.9 Å². The molecule has 19 heavy (non-hydrogen) atoms. The van der Waals surface area contributed by atoms with Crippen molar-refractivity contribution in [3.8, 4) is 0 Å². The van der Waals surface area contributed by atoms with Crippen LogP contribution >= 0.6 is 0 Å². The fraction of sp³-hybridized carbons (Fsp3) is 0.857. The average molecular weight is 267 g/mol. The summed E-state index contributed by atoms with van der Waals surface area (Å²) in [6, 6.07) is 0. The van der Waals surface area contributed by atoms with Gasteiger partial charge in [0, 0.05) is 26.1 Å². The van der Waals surface area contributed by atoms with E-state index >= 15 is 0 Å². The number of nitrogens with zero attached hydrogens (tertiary/aromatic N) is 1. The first kappa shape index (κ1) is 14.3. The van der Waals surface area contributed by atoms with Gasteiger partial charge >= 0.3 is 0 Å². The predicted molar refractivity (Wildman–Crippen MR) is 73.3 cm³/mol. The maximum atomic E-state index is 12.6. The number of amides is 2. The van der Waals surface area contributed by atoms with Crippen LogP contribution in [0.1, 0.15) is 39.0 Å². The number of primary amides is 1. The van der Waals surface area contributed by atoms with E-state index in [9.17, 15) is 9.59 Å². The number of carbonyl (C=O) groups is 2. The fourth-order valence-electron chi connectivity index (χ4n) is 3.25. The van der Waals surface area contributed by atoms with Crippen molar-refractivity contribution in [1.82, 2.24) is 10.2 Å². The van der Waals surface area contributed by atoms with Crippen molar-refractivity contribution >= 4 is 11.8 Å². The number of hydrogen-bond donors (Lipinski definition) is 2. The van der Waals surface area contributed by atoms with Crippen LogP contribution in [0.2, 0.25) is 0 Å². The third-order valence-corrected chi connectivity index (χ3v) is 4.51. The highest BCUT2D eigenvalue weighted by Gasteiger charge is 2.38. The molecular weight excluding hydrogens is 242 g/mol. The monoisotopic (exact) mass is 267 g/mol. The Morgan fingerprint density at radius 1 is 1.37 bits per heavy atom. The van der Waals surface area contributed by atoms with Crippen molar-refractivity contribution in [3.05, 3.63) is 0 Å². The molecular formula is C14H25N3O2. The Bertz CT molecular complexity index is 343. The second kappa shape index (κ2) is 5.90. The van der Waals surface area contributed by atoms with E-state index in [0.717, 1.165) is 51.9 Å². The molecule has 2 aliphatic rings. The van der Waals surface area contributed by atoms with Crippen LogP contribution in [-0.2, 0) is 9.59 Å². The van der Waals surface area contributed by atoms with Gasteiger partial charge in [-0.25, -0.2) is 0 Å². The minimum atomic E-state index is -0.241. The normalized spacial score (nSPS) is 29.2. The summed E-state index contributed by atoms with van der Waals surface area (Å²) in [6.45, 7) is 5.41. The molecule has 0 radical (unpaired) electrons. The molecule has 2 aliphatic heterocycles. The van der Waals surface area contributed by atoms with Crippen molar-refractivity contribution in [3.63, 3.8) is 0 Å². The summed E-state index contributed by atoms with van der Waals surface area (Å²) in [6.07, 6.45) is 4.30. The van der Waals surface area contributed by atoms with Gasteiger partial charge in [0.15, 0.2) is 0 Å². The highest BCUT2D eigenvalue weighted by atomic mass is 16.2. The van der Waals surface area contributed by atoms with Crippen LogP contribution in [0, 0.1) is 11.3 Å². The minimum Gasteiger partial charge on any atom is -0.370 e. The zero-order chi connectivity index (χ0) is 13.9. The molecule has 0 bridgehead atoms. The van der Waals surface area contributed by atoms with Crippen LogP contribution < -0.4 is 11.1 Å². The molecule has 2 rings (SSSR count). The number of piperidine rings is 2. The summed E-state index contributed by atoms with van der Waals surface area (Å²) in [5.74, 6) is 0.407. The van der Waals surface area contributed by atoms with E-state index in [0.29, 0.717) is 12.3 Å². The number of hydrogen-bond acceptors (Lipinski definition) is 3. The molecule has 108 valence electrons. The third-order valence-electron chi connectivity index (χ3n) is 4.51. The molecule has 0 aromatic carbocycles. The topological polar surface area (TPSA) is 75.4 Å². The molecule has 0 aliphatic carbocycles. The molecule has 2 fully saturated rings. The summed E-state index contributed by atoms with van der Waals surface area (Å²) in [7, 11) is 0. The molecule has 0 aromatic rings. The molecule has 1 unspecified atom stereocenters. The average Bonchev–Trinajstić information content (AvgIpc) is 2.39.